The molecule has 3 aromatic rings. The number of nitriles is 1. The molecular weight excluding hydrogens is 532 g/mol. The van der Waals surface area contributed by atoms with Crippen molar-refractivity contribution in [3.8, 4) is 11.8 Å². The van der Waals surface area contributed by atoms with Gasteiger partial charge in [0.25, 0.3) is 5.56 Å². The van der Waals surface area contributed by atoms with Crippen LogP contribution >= 0.6 is 0 Å². The van der Waals surface area contributed by atoms with Crippen molar-refractivity contribution >= 4 is 5.82 Å². The summed E-state index contributed by atoms with van der Waals surface area (Å²) in [4.78, 5) is 32.5. The van der Waals surface area contributed by atoms with Crippen molar-refractivity contribution in [2.75, 3.05) is 18.0 Å². The summed E-state index contributed by atoms with van der Waals surface area (Å²) in [5, 5.41) is 19.6. The minimum atomic E-state index is -4.93. The average molecular weight is 553 g/mol. The van der Waals surface area contributed by atoms with Gasteiger partial charge in [-0.3, -0.25) is 14.3 Å². The fraction of sp³-hybridized carbons (Fsp3) is 0.360. The van der Waals surface area contributed by atoms with Crippen LogP contribution in [0.5, 0.6) is 0 Å². The van der Waals surface area contributed by atoms with Gasteiger partial charge in [0.1, 0.15) is 12.4 Å². The van der Waals surface area contributed by atoms with E-state index in [0.717, 1.165) is 4.57 Å². The molecule has 206 valence electrons. The van der Waals surface area contributed by atoms with Gasteiger partial charge in [0.15, 0.2) is 23.1 Å². The molecule has 0 aliphatic carbocycles. The number of aromatic nitrogens is 3. The molecule has 0 radical (unpaired) electrons. The Kier molecular flexibility index (Phi) is 7.31. The van der Waals surface area contributed by atoms with Crippen LogP contribution in [0.2, 0.25) is 0 Å². The lowest BCUT2D eigenvalue weighted by Gasteiger charge is -2.41. The molecule has 1 aliphatic rings. The highest BCUT2D eigenvalue weighted by Crippen LogP contribution is 2.39. The summed E-state index contributed by atoms with van der Waals surface area (Å²) < 4.78 is 83.4. The molecule has 0 amide bonds. The highest BCUT2D eigenvalue weighted by Gasteiger charge is 2.54. The Morgan fingerprint density at radius 2 is 1.69 bits per heavy atom. The summed E-state index contributed by atoms with van der Waals surface area (Å²) in [6.45, 7) is 0.0854. The van der Waals surface area contributed by atoms with E-state index in [2.05, 4.69) is 4.98 Å². The molecule has 3 heterocycles. The van der Waals surface area contributed by atoms with Crippen LogP contribution in [0.3, 0.4) is 0 Å². The van der Waals surface area contributed by atoms with Crippen LogP contribution in [-0.2, 0) is 13.0 Å². The topological polar surface area (TPSA) is 104 Å². The number of benzene rings is 1. The quantitative estimate of drug-likeness (QED) is 0.385. The van der Waals surface area contributed by atoms with Crippen LogP contribution in [-0.4, -0.2) is 44.1 Å². The van der Waals surface area contributed by atoms with Crippen molar-refractivity contribution in [3.05, 3.63) is 85.6 Å². The third-order valence-corrected chi connectivity index (χ3v) is 6.60. The van der Waals surface area contributed by atoms with E-state index in [0.29, 0.717) is 22.3 Å². The van der Waals surface area contributed by atoms with Crippen molar-refractivity contribution in [1.29, 1.82) is 5.26 Å². The Balaban J connectivity index is 1.97. The lowest BCUT2D eigenvalue weighted by Crippen LogP contribution is -2.55. The Morgan fingerprint density at radius 1 is 1.08 bits per heavy atom. The molecular formula is C25H21F6N5O3. The van der Waals surface area contributed by atoms with E-state index >= 15 is 0 Å². The molecule has 0 atom stereocenters. The number of piperidine rings is 1. The molecule has 1 aromatic carbocycles. The van der Waals surface area contributed by atoms with Crippen LogP contribution in [0.4, 0.5) is 32.2 Å². The lowest BCUT2D eigenvalue weighted by atomic mass is 9.90. The van der Waals surface area contributed by atoms with Gasteiger partial charge < -0.3 is 10.0 Å². The van der Waals surface area contributed by atoms with Crippen molar-refractivity contribution in [2.24, 2.45) is 0 Å². The predicted molar refractivity (Wildman–Crippen MR) is 126 cm³/mol. The number of nitrogens with zero attached hydrogens (tertiary/aromatic N) is 5. The second-order valence-corrected chi connectivity index (χ2v) is 9.26. The van der Waals surface area contributed by atoms with Gasteiger partial charge >= 0.3 is 11.9 Å². The van der Waals surface area contributed by atoms with Gasteiger partial charge in [-0.15, -0.1) is 0 Å². The highest BCUT2D eigenvalue weighted by molar-refractivity contribution is 5.51. The van der Waals surface area contributed by atoms with E-state index in [4.69, 9.17) is 0 Å². The summed E-state index contributed by atoms with van der Waals surface area (Å²) in [6.07, 6.45) is -4.44. The molecule has 1 saturated heterocycles. The summed E-state index contributed by atoms with van der Waals surface area (Å²) in [7, 11) is 0. The van der Waals surface area contributed by atoms with Gasteiger partial charge in [-0.2, -0.15) is 18.4 Å². The molecule has 0 bridgehead atoms. The van der Waals surface area contributed by atoms with Gasteiger partial charge in [0, 0.05) is 38.5 Å². The summed E-state index contributed by atoms with van der Waals surface area (Å²) in [6, 6.07) is 4.54. The predicted octanol–water partition coefficient (Wildman–Crippen LogP) is 3.13. The maximum absolute atomic E-state index is 14.0. The molecule has 1 fully saturated rings. The Bertz CT molecular complexity index is 1560. The summed E-state index contributed by atoms with van der Waals surface area (Å²) in [5.41, 5.74) is -4.87. The molecule has 39 heavy (non-hydrogen) atoms. The smallest absolute Gasteiger partial charge is 0.380 e. The zero-order valence-corrected chi connectivity index (χ0v) is 20.4. The number of rotatable bonds is 5. The molecule has 0 unspecified atom stereocenters. The average Bonchev–Trinajstić information content (AvgIpc) is 2.86. The number of aryl methyl sites for hydroxylation is 1. The van der Waals surface area contributed by atoms with Crippen LogP contribution < -0.4 is 16.1 Å². The summed E-state index contributed by atoms with van der Waals surface area (Å²) in [5.74, 6) is -5.04. The first kappa shape index (κ1) is 27.9. The number of alkyl halides is 3. The highest BCUT2D eigenvalue weighted by atomic mass is 19.4. The molecule has 1 N–H and O–H groups in total. The van der Waals surface area contributed by atoms with Gasteiger partial charge in [-0.05, 0) is 36.2 Å². The summed E-state index contributed by atoms with van der Waals surface area (Å²) >= 11 is 0. The number of pyridine rings is 1. The maximum Gasteiger partial charge on any atom is 0.417 e. The van der Waals surface area contributed by atoms with E-state index in [1.165, 1.54) is 23.4 Å². The minimum Gasteiger partial charge on any atom is -0.380 e. The molecule has 4 rings (SSSR count). The number of hydrogen-bond donors (Lipinski definition) is 1. The first-order valence-corrected chi connectivity index (χ1v) is 11.6. The molecule has 1 aliphatic heterocycles. The lowest BCUT2D eigenvalue weighted by molar-refractivity contribution is -0.266. The van der Waals surface area contributed by atoms with Crippen LogP contribution in [0.15, 0.2) is 40.2 Å². The number of aliphatic hydroxyl groups is 1. The van der Waals surface area contributed by atoms with Gasteiger partial charge in [-0.25, -0.2) is 22.5 Å². The maximum atomic E-state index is 14.0. The Hall–Kier alpha value is -4.12. The third-order valence-electron chi connectivity index (χ3n) is 6.60. The molecule has 2 aromatic heterocycles. The normalized spacial score (nSPS) is 15.3. The fourth-order valence-corrected chi connectivity index (χ4v) is 4.60. The van der Waals surface area contributed by atoms with Crippen molar-refractivity contribution in [1.82, 2.24) is 14.1 Å². The molecule has 8 nitrogen and oxygen atoms in total. The van der Waals surface area contributed by atoms with E-state index in [1.54, 1.807) is 13.0 Å². The van der Waals surface area contributed by atoms with Crippen molar-refractivity contribution in [2.45, 2.75) is 44.5 Å². The Morgan fingerprint density at radius 3 is 2.23 bits per heavy atom. The number of hydrogen-bond acceptors (Lipinski definition) is 6. The third kappa shape index (κ3) is 5.14. The SMILES string of the molecule is Cc1cncc(-n2c(=O)c(Cc3cc(F)c(F)c(F)c3)c(N3CCC(O)(C(F)(F)F)CC3)n(CC#N)c2=O)c1. The van der Waals surface area contributed by atoms with E-state index in [1.807, 2.05) is 0 Å². The fourth-order valence-electron chi connectivity index (χ4n) is 4.60. The molecule has 0 spiro atoms. The second kappa shape index (κ2) is 10.2. The van der Waals surface area contributed by atoms with Crippen LogP contribution in [0.1, 0.15) is 29.5 Å². The van der Waals surface area contributed by atoms with E-state index < -0.39 is 79.4 Å². The standard InChI is InChI=1S/C25H21F6N5O3/c1-14-8-16(13-33-12-14)36-22(37)17(9-15-10-18(26)20(28)19(27)11-15)21(35(7-4-32)23(36)38)34-5-2-24(39,3-6-34)25(29,30)31/h8,10-13,39H,2-3,5-7,9H2,1H3. The molecule has 14 heteroatoms. The van der Waals surface area contributed by atoms with Crippen molar-refractivity contribution < 1.29 is 31.4 Å². The monoisotopic (exact) mass is 553 g/mol. The largest absolute Gasteiger partial charge is 0.417 e. The molecule has 0 saturated carbocycles. The van der Waals surface area contributed by atoms with Crippen LogP contribution in [0.25, 0.3) is 5.69 Å². The minimum absolute atomic E-state index is 0.0195. The second-order valence-electron chi connectivity index (χ2n) is 9.26. The van der Waals surface area contributed by atoms with Gasteiger partial charge in [-0.1, -0.05) is 0 Å². The number of anilines is 1. The zero-order chi connectivity index (χ0) is 28.7. The number of halogens is 6. The van der Waals surface area contributed by atoms with Gasteiger partial charge in [0.2, 0.25) is 0 Å². The van der Waals surface area contributed by atoms with E-state index in [9.17, 15) is 46.3 Å². The first-order valence-electron chi connectivity index (χ1n) is 11.6. The van der Waals surface area contributed by atoms with Crippen LogP contribution in [0, 0.1) is 35.7 Å². The van der Waals surface area contributed by atoms with Gasteiger partial charge in [0.05, 0.1) is 23.5 Å². The van der Waals surface area contributed by atoms with Crippen molar-refractivity contribution in [3.63, 3.8) is 0 Å². The zero-order valence-electron chi connectivity index (χ0n) is 20.4. The Labute approximate surface area is 217 Å². The first-order chi connectivity index (χ1) is 18.3. The van der Waals surface area contributed by atoms with E-state index in [-0.39, 0.29) is 22.6 Å².